The van der Waals surface area contributed by atoms with Crippen LogP contribution in [0.4, 0.5) is 0 Å². The number of nitrogens with zero attached hydrogens (tertiary/aromatic N) is 1. The summed E-state index contributed by atoms with van der Waals surface area (Å²) < 4.78 is 0. The topological polar surface area (TPSA) is 21.6 Å². The van der Waals surface area contributed by atoms with Gasteiger partial charge in [0.15, 0.2) is 0 Å². The molecule has 2 fully saturated rings. The van der Waals surface area contributed by atoms with E-state index in [1.807, 2.05) is 0 Å². The van der Waals surface area contributed by atoms with Crippen LogP contribution in [0.25, 0.3) is 0 Å². The zero-order chi connectivity index (χ0) is 16.1. The van der Waals surface area contributed by atoms with Crippen LogP contribution in [-0.4, -0.2) is 11.8 Å². The lowest BCUT2D eigenvalue weighted by atomic mass is 9.73. The van der Waals surface area contributed by atoms with Gasteiger partial charge < -0.3 is 4.84 Å². The fourth-order valence-electron chi connectivity index (χ4n) is 4.89. The Morgan fingerprint density at radius 2 is 1.68 bits per heavy atom. The van der Waals surface area contributed by atoms with Gasteiger partial charge in [0, 0.05) is 11.8 Å². The number of oxime groups is 1. The van der Waals surface area contributed by atoms with Crippen LogP contribution in [0.2, 0.25) is 0 Å². The van der Waals surface area contributed by atoms with Crippen LogP contribution in [0, 0.1) is 34.5 Å². The van der Waals surface area contributed by atoms with Crippen molar-refractivity contribution < 1.29 is 4.84 Å². The molecule has 22 heavy (non-hydrogen) atoms. The van der Waals surface area contributed by atoms with Crippen molar-refractivity contribution in [1.82, 2.24) is 0 Å². The molecule has 0 N–H and O–H groups in total. The van der Waals surface area contributed by atoms with E-state index in [1.165, 1.54) is 37.8 Å². The second-order valence-corrected chi connectivity index (χ2v) is 10.5. The van der Waals surface area contributed by atoms with Gasteiger partial charge in [-0.25, -0.2) is 0 Å². The lowest BCUT2D eigenvalue weighted by molar-refractivity contribution is 0.00381. The van der Waals surface area contributed by atoms with Crippen LogP contribution in [0.3, 0.4) is 0 Å². The molecule has 0 spiro atoms. The first-order valence-corrected chi connectivity index (χ1v) is 9.37. The summed E-state index contributed by atoms with van der Waals surface area (Å²) in [7, 11) is 0. The summed E-state index contributed by atoms with van der Waals surface area (Å²) in [5.41, 5.74) is 2.25. The third-order valence-corrected chi connectivity index (χ3v) is 6.14. The van der Waals surface area contributed by atoms with Crippen LogP contribution in [0.1, 0.15) is 80.1 Å². The fourth-order valence-corrected chi connectivity index (χ4v) is 4.89. The maximum Gasteiger partial charge on any atom is 0.139 e. The summed E-state index contributed by atoms with van der Waals surface area (Å²) in [5, 5.41) is 4.52. The standard InChI is InChI=1S/C20H35NO/c1-19(2,3)9-7-13-11-14-12-15(13)18-17(14)16(21-22-18)8-10-20(4,5)6/h13-15,17-18H,7-12H2,1-6H3. The molecule has 5 unspecified atom stereocenters. The molecule has 0 aromatic carbocycles. The molecule has 126 valence electrons. The molecule has 0 aromatic heterocycles. The molecule has 0 aromatic rings. The van der Waals surface area contributed by atoms with Crippen LogP contribution in [-0.2, 0) is 4.84 Å². The van der Waals surface area contributed by atoms with Gasteiger partial charge in [-0.15, -0.1) is 0 Å². The maximum atomic E-state index is 5.94. The number of rotatable bonds is 4. The van der Waals surface area contributed by atoms with Crippen molar-refractivity contribution in [1.29, 1.82) is 0 Å². The van der Waals surface area contributed by atoms with Gasteiger partial charge in [-0.3, -0.25) is 0 Å². The third kappa shape index (κ3) is 3.36. The Balaban J connectivity index is 1.56. The molecule has 3 aliphatic rings. The van der Waals surface area contributed by atoms with E-state index in [-0.39, 0.29) is 0 Å². The predicted octanol–water partition coefficient (Wildman–Crippen LogP) is 5.67. The monoisotopic (exact) mass is 305 g/mol. The van der Waals surface area contributed by atoms with E-state index in [2.05, 4.69) is 46.7 Å². The van der Waals surface area contributed by atoms with Crippen molar-refractivity contribution in [3.05, 3.63) is 0 Å². The van der Waals surface area contributed by atoms with Crippen molar-refractivity contribution in [2.45, 2.75) is 86.2 Å². The average molecular weight is 306 g/mol. The molecular formula is C20H35NO. The van der Waals surface area contributed by atoms with Crippen molar-refractivity contribution >= 4 is 5.71 Å². The first kappa shape index (κ1) is 16.3. The molecule has 2 aliphatic carbocycles. The quantitative estimate of drug-likeness (QED) is 0.656. The Morgan fingerprint density at radius 1 is 1.00 bits per heavy atom. The molecule has 5 atom stereocenters. The summed E-state index contributed by atoms with van der Waals surface area (Å²) in [6, 6.07) is 0. The van der Waals surface area contributed by atoms with Gasteiger partial charge >= 0.3 is 0 Å². The van der Waals surface area contributed by atoms with E-state index in [0.29, 0.717) is 22.9 Å². The van der Waals surface area contributed by atoms with E-state index >= 15 is 0 Å². The zero-order valence-corrected chi connectivity index (χ0v) is 15.5. The SMILES string of the molecule is CC(C)(C)CCC1=NOC2C3CC(CC3CCC(C)(C)C)C12. The Hall–Kier alpha value is -0.530. The Labute approximate surface area is 137 Å². The van der Waals surface area contributed by atoms with E-state index in [9.17, 15) is 0 Å². The molecule has 2 bridgehead atoms. The van der Waals surface area contributed by atoms with Gasteiger partial charge in [-0.2, -0.15) is 0 Å². The Morgan fingerprint density at radius 3 is 2.32 bits per heavy atom. The van der Waals surface area contributed by atoms with Crippen molar-refractivity contribution in [3.8, 4) is 0 Å². The van der Waals surface area contributed by atoms with Gasteiger partial charge in [0.2, 0.25) is 0 Å². The lowest BCUT2D eigenvalue weighted by Crippen LogP contribution is -2.34. The molecule has 0 radical (unpaired) electrons. The van der Waals surface area contributed by atoms with E-state index in [0.717, 1.165) is 24.2 Å². The molecule has 2 nitrogen and oxygen atoms in total. The van der Waals surface area contributed by atoms with Crippen LogP contribution < -0.4 is 0 Å². The normalized spacial score (nSPS) is 37.2. The number of hydrogen-bond donors (Lipinski definition) is 0. The van der Waals surface area contributed by atoms with Crippen LogP contribution in [0.15, 0.2) is 5.16 Å². The highest BCUT2D eigenvalue weighted by Crippen LogP contribution is 2.57. The highest BCUT2D eigenvalue weighted by Gasteiger charge is 2.57. The van der Waals surface area contributed by atoms with Gasteiger partial charge in [-0.1, -0.05) is 46.7 Å². The van der Waals surface area contributed by atoms with Gasteiger partial charge in [-0.05, 0) is 61.2 Å². The van der Waals surface area contributed by atoms with Crippen molar-refractivity contribution in [2.75, 3.05) is 0 Å². The molecular weight excluding hydrogens is 270 g/mol. The van der Waals surface area contributed by atoms with Crippen LogP contribution >= 0.6 is 0 Å². The van der Waals surface area contributed by atoms with Crippen molar-refractivity contribution in [2.24, 2.45) is 39.7 Å². The van der Waals surface area contributed by atoms with Crippen LogP contribution in [0.5, 0.6) is 0 Å². The fraction of sp³-hybridized carbons (Fsp3) is 0.950. The minimum atomic E-state index is 0.396. The smallest absolute Gasteiger partial charge is 0.139 e. The van der Waals surface area contributed by atoms with Gasteiger partial charge in [0.25, 0.3) is 0 Å². The summed E-state index contributed by atoms with van der Waals surface area (Å²) in [6.45, 7) is 14.1. The largest absolute Gasteiger partial charge is 0.392 e. The summed E-state index contributed by atoms with van der Waals surface area (Å²) >= 11 is 0. The Bertz CT molecular complexity index is 440. The molecule has 2 heteroatoms. The first-order chi connectivity index (χ1) is 10.1. The van der Waals surface area contributed by atoms with Gasteiger partial charge in [0.1, 0.15) is 6.10 Å². The zero-order valence-electron chi connectivity index (χ0n) is 15.5. The number of hydrogen-bond acceptors (Lipinski definition) is 2. The van der Waals surface area contributed by atoms with E-state index in [1.54, 1.807) is 0 Å². The number of fused-ring (bicyclic) bond motifs is 5. The molecule has 1 aliphatic heterocycles. The minimum Gasteiger partial charge on any atom is -0.392 e. The van der Waals surface area contributed by atoms with E-state index < -0.39 is 0 Å². The van der Waals surface area contributed by atoms with Gasteiger partial charge in [0.05, 0.1) is 5.71 Å². The average Bonchev–Trinajstić information content (AvgIpc) is 3.03. The molecule has 1 heterocycles. The Kier molecular flexibility index (Phi) is 4.10. The summed E-state index contributed by atoms with van der Waals surface area (Å²) in [4.78, 5) is 5.94. The lowest BCUT2D eigenvalue weighted by Gasteiger charge is -2.32. The molecule has 2 saturated carbocycles. The maximum absolute atomic E-state index is 5.94. The molecule has 3 rings (SSSR count). The van der Waals surface area contributed by atoms with Crippen molar-refractivity contribution in [3.63, 3.8) is 0 Å². The first-order valence-electron chi connectivity index (χ1n) is 9.37. The van der Waals surface area contributed by atoms with E-state index in [4.69, 9.17) is 4.84 Å². The summed E-state index contributed by atoms with van der Waals surface area (Å²) in [6.07, 6.45) is 8.35. The minimum absolute atomic E-state index is 0.396. The third-order valence-electron chi connectivity index (χ3n) is 6.14. The highest BCUT2D eigenvalue weighted by atomic mass is 16.6. The molecule has 0 amide bonds. The second kappa shape index (κ2) is 5.53. The predicted molar refractivity (Wildman–Crippen MR) is 92.9 cm³/mol. The summed E-state index contributed by atoms with van der Waals surface area (Å²) in [5.74, 6) is 3.20. The highest BCUT2D eigenvalue weighted by molar-refractivity contribution is 5.88. The second-order valence-electron chi connectivity index (χ2n) is 10.5. The molecule has 0 saturated heterocycles.